The standard InChI is InChI=1S/C37H53NO2/c1-33(2,3)22-16-25(31(39)27(18-22)36(10,11)12)29-20-24(35(7,8)9)21-30(38-29)26-17-23(34(4,5)6)19-28(32(26)40)37(13,14)15/h16-21,39-40H,1-15H3. The lowest BCUT2D eigenvalue weighted by atomic mass is 9.77. The molecule has 0 saturated carbocycles. The Morgan fingerprint density at radius 1 is 0.400 bits per heavy atom. The second-order valence-corrected chi connectivity index (χ2v) is 16.7. The van der Waals surface area contributed by atoms with Crippen molar-refractivity contribution in [2.24, 2.45) is 0 Å². The molecule has 0 aliphatic carbocycles. The third kappa shape index (κ3) is 6.56. The molecule has 2 aromatic carbocycles. The van der Waals surface area contributed by atoms with Crippen molar-refractivity contribution in [1.82, 2.24) is 4.98 Å². The van der Waals surface area contributed by atoms with Gasteiger partial charge in [0.1, 0.15) is 11.5 Å². The quantitative estimate of drug-likeness (QED) is 0.338. The predicted octanol–water partition coefficient (Wildman–Crippen LogP) is 10.3. The van der Waals surface area contributed by atoms with Gasteiger partial charge in [-0.25, -0.2) is 4.98 Å². The molecule has 0 saturated heterocycles. The Labute approximate surface area is 244 Å². The van der Waals surface area contributed by atoms with Crippen LogP contribution in [0.1, 0.15) is 132 Å². The van der Waals surface area contributed by atoms with Crippen LogP contribution in [0.2, 0.25) is 0 Å². The van der Waals surface area contributed by atoms with Crippen molar-refractivity contribution in [2.75, 3.05) is 0 Å². The summed E-state index contributed by atoms with van der Waals surface area (Å²) in [7, 11) is 0. The maximum atomic E-state index is 11.7. The molecule has 3 aromatic rings. The van der Waals surface area contributed by atoms with Crippen molar-refractivity contribution in [3.63, 3.8) is 0 Å². The van der Waals surface area contributed by atoms with Gasteiger partial charge in [-0.15, -0.1) is 0 Å². The fourth-order valence-electron chi connectivity index (χ4n) is 4.91. The van der Waals surface area contributed by atoms with Crippen molar-refractivity contribution in [2.45, 2.75) is 131 Å². The number of aromatic hydroxyl groups is 2. The molecular formula is C37H53NO2. The molecule has 40 heavy (non-hydrogen) atoms. The number of phenols is 2. The fourth-order valence-corrected chi connectivity index (χ4v) is 4.91. The van der Waals surface area contributed by atoms with E-state index in [1.54, 1.807) is 0 Å². The van der Waals surface area contributed by atoms with Crippen LogP contribution in [-0.4, -0.2) is 15.2 Å². The van der Waals surface area contributed by atoms with Gasteiger partial charge in [0.2, 0.25) is 0 Å². The van der Waals surface area contributed by atoms with Crippen molar-refractivity contribution in [1.29, 1.82) is 0 Å². The second-order valence-electron chi connectivity index (χ2n) is 16.7. The minimum Gasteiger partial charge on any atom is -0.507 e. The third-order valence-electron chi connectivity index (χ3n) is 7.81. The van der Waals surface area contributed by atoms with E-state index in [1.165, 1.54) is 0 Å². The van der Waals surface area contributed by atoms with E-state index in [4.69, 9.17) is 4.98 Å². The van der Waals surface area contributed by atoms with Crippen molar-refractivity contribution in [3.05, 3.63) is 64.2 Å². The summed E-state index contributed by atoms with van der Waals surface area (Å²) in [6.45, 7) is 32.5. The topological polar surface area (TPSA) is 53.4 Å². The van der Waals surface area contributed by atoms with Crippen molar-refractivity contribution >= 4 is 0 Å². The Kier molecular flexibility index (Phi) is 7.87. The van der Waals surface area contributed by atoms with Crippen LogP contribution in [0, 0.1) is 0 Å². The lowest BCUT2D eigenvalue weighted by Gasteiger charge is -2.29. The number of aromatic nitrogens is 1. The number of rotatable bonds is 2. The van der Waals surface area contributed by atoms with Gasteiger partial charge < -0.3 is 10.2 Å². The van der Waals surface area contributed by atoms with E-state index >= 15 is 0 Å². The molecule has 218 valence electrons. The highest BCUT2D eigenvalue weighted by Gasteiger charge is 2.29. The number of nitrogens with zero attached hydrogens (tertiary/aromatic N) is 1. The molecule has 3 rings (SSSR count). The highest BCUT2D eigenvalue weighted by Crippen LogP contribution is 2.45. The van der Waals surface area contributed by atoms with E-state index in [0.717, 1.165) is 50.3 Å². The van der Waals surface area contributed by atoms with E-state index in [2.05, 4.69) is 140 Å². The number of benzene rings is 2. The molecule has 0 fully saturated rings. The molecule has 0 aliphatic rings. The van der Waals surface area contributed by atoms with Gasteiger partial charge in [-0.05, 0) is 68.0 Å². The van der Waals surface area contributed by atoms with Crippen LogP contribution in [0.4, 0.5) is 0 Å². The van der Waals surface area contributed by atoms with E-state index < -0.39 is 0 Å². The number of hydrogen-bond acceptors (Lipinski definition) is 3. The average Bonchev–Trinajstić information content (AvgIpc) is 2.75. The summed E-state index contributed by atoms with van der Waals surface area (Å²) in [6.07, 6.45) is 0. The minimum atomic E-state index is -0.245. The monoisotopic (exact) mass is 543 g/mol. The summed E-state index contributed by atoms with van der Waals surface area (Å²) < 4.78 is 0. The van der Waals surface area contributed by atoms with Gasteiger partial charge in [-0.2, -0.15) is 0 Å². The summed E-state index contributed by atoms with van der Waals surface area (Å²) in [5.41, 5.74) is 7.26. The van der Waals surface area contributed by atoms with Crippen LogP contribution in [0.25, 0.3) is 22.5 Å². The van der Waals surface area contributed by atoms with Crippen molar-refractivity contribution < 1.29 is 10.2 Å². The summed E-state index contributed by atoms with van der Waals surface area (Å²) in [4.78, 5) is 5.18. The van der Waals surface area contributed by atoms with Crippen LogP contribution in [0.3, 0.4) is 0 Å². The first-order valence-electron chi connectivity index (χ1n) is 14.6. The van der Waals surface area contributed by atoms with E-state index in [-0.39, 0.29) is 38.6 Å². The van der Waals surface area contributed by atoms with Crippen molar-refractivity contribution in [3.8, 4) is 34.0 Å². The highest BCUT2D eigenvalue weighted by molar-refractivity contribution is 5.77. The summed E-state index contributed by atoms with van der Waals surface area (Å²) in [5.74, 6) is 0.543. The molecular weight excluding hydrogens is 490 g/mol. The largest absolute Gasteiger partial charge is 0.507 e. The molecule has 1 aromatic heterocycles. The van der Waals surface area contributed by atoms with Gasteiger partial charge in [0, 0.05) is 22.3 Å². The molecule has 0 atom stereocenters. The Balaban J connectivity index is 2.50. The maximum absolute atomic E-state index is 11.7. The summed E-state index contributed by atoms with van der Waals surface area (Å²) in [6, 6.07) is 12.7. The Hall–Kier alpha value is -2.81. The normalized spacial score (nSPS) is 13.6. The Morgan fingerprint density at radius 3 is 0.925 bits per heavy atom. The molecule has 3 heteroatoms. The first-order valence-corrected chi connectivity index (χ1v) is 14.6. The molecule has 1 heterocycles. The SMILES string of the molecule is CC(C)(C)c1cc(-c2cc(C(C)(C)C)cc(C(C)(C)C)c2O)nc(-c2cc(C(C)(C)C)cc(C(C)(C)C)c2O)c1. The zero-order valence-electron chi connectivity index (χ0n) is 27.8. The van der Waals surface area contributed by atoms with Crippen LogP contribution in [0.5, 0.6) is 11.5 Å². The molecule has 2 N–H and O–H groups in total. The highest BCUT2D eigenvalue weighted by atomic mass is 16.3. The van der Waals surface area contributed by atoms with E-state index in [9.17, 15) is 10.2 Å². The minimum absolute atomic E-state index is 0.103. The average molecular weight is 544 g/mol. The third-order valence-corrected chi connectivity index (χ3v) is 7.81. The molecule has 0 radical (unpaired) electrons. The van der Waals surface area contributed by atoms with Crippen LogP contribution < -0.4 is 0 Å². The Morgan fingerprint density at radius 2 is 0.675 bits per heavy atom. The fraction of sp³-hybridized carbons (Fsp3) is 0.541. The predicted molar refractivity (Wildman–Crippen MR) is 172 cm³/mol. The van der Waals surface area contributed by atoms with E-state index in [1.807, 2.05) is 0 Å². The second kappa shape index (κ2) is 9.93. The first kappa shape index (κ1) is 31.7. The molecule has 0 spiro atoms. The first-order chi connectivity index (χ1) is 17.8. The number of phenolic OH excluding ortho intramolecular Hbond substituents is 2. The Bertz CT molecular complexity index is 1310. The van der Waals surface area contributed by atoms with Gasteiger partial charge in [0.25, 0.3) is 0 Å². The van der Waals surface area contributed by atoms with E-state index in [0.29, 0.717) is 0 Å². The lowest BCUT2D eigenvalue weighted by Crippen LogP contribution is -2.18. The number of pyridine rings is 1. The smallest absolute Gasteiger partial charge is 0.128 e. The maximum Gasteiger partial charge on any atom is 0.128 e. The van der Waals surface area contributed by atoms with Crippen LogP contribution in [-0.2, 0) is 27.1 Å². The molecule has 0 amide bonds. The van der Waals surface area contributed by atoms with Crippen LogP contribution in [0.15, 0.2) is 36.4 Å². The zero-order chi connectivity index (χ0) is 30.8. The number of hydrogen-bond donors (Lipinski definition) is 2. The molecule has 0 aliphatic heterocycles. The molecule has 0 bridgehead atoms. The van der Waals surface area contributed by atoms with Gasteiger partial charge in [0.15, 0.2) is 0 Å². The summed E-state index contributed by atoms with van der Waals surface area (Å²) >= 11 is 0. The van der Waals surface area contributed by atoms with Crippen LogP contribution >= 0.6 is 0 Å². The van der Waals surface area contributed by atoms with Gasteiger partial charge in [-0.1, -0.05) is 116 Å². The van der Waals surface area contributed by atoms with Gasteiger partial charge in [-0.3, -0.25) is 0 Å². The molecule has 3 nitrogen and oxygen atoms in total. The van der Waals surface area contributed by atoms with Gasteiger partial charge >= 0.3 is 0 Å². The lowest BCUT2D eigenvalue weighted by molar-refractivity contribution is 0.446. The zero-order valence-corrected chi connectivity index (χ0v) is 27.8. The molecule has 0 unspecified atom stereocenters. The summed E-state index contributed by atoms with van der Waals surface area (Å²) in [5, 5.41) is 23.4. The van der Waals surface area contributed by atoms with Gasteiger partial charge in [0.05, 0.1) is 11.4 Å².